The molecule has 2 N–H and O–H groups in total. The zero-order chi connectivity index (χ0) is 12.1. The van der Waals surface area contributed by atoms with Gasteiger partial charge in [0.05, 0.1) is 0 Å². The Morgan fingerprint density at radius 1 is 1.56 bits per heavy atom. The highest BCUT2D eigenvalue weighted by molar-refractivity contribution is 9.09. The molecule has 0 aliphatic carbocycles. The van der Waals surface area contributed by atoms with E-state index in [2.05, 4.69) is 21.2 Å². The number of phenols is 1. The molecule has 0 aliphatic rings. The molecule has 0 radical (unpaired) electrons. The third-order valence-corrected chi connectivity index (χ3v) is 3.45. The summed E-state index contributed by atoms with van der Waals surface area (Å²) < 4.78 is 0. The number of alkyl halides is 1. The summed E-state index contributed by atoms with van der Waals surface area (Å²) in [5.74, 6) is 0.396. The highest BCUT2D eigenvalue weighted by Gasteiger charge is 2.08. The molecule has 88 valence electrons. The zero-order valence-corrected chi connectivity index (χ0v) is 11.0. The number of hydrogen-bond donors (Lipinski definition) is 2. The summed E-state index contributed by atoms with van der Waals surface area (Å²) in [6.07, 6.45) is 0. The van der Waals surface area contributed by atoms with Crippen molar-refractivity contribution in [1.82, 2.24) is 5.32 Å². The van der Waals surface area contributed by atoms with Crippen LogP contribution in [0.15, 0.2) is 18.2 Å². The smallest absolute Gasteiger partial charge is 0.251 e. The summed E-state index contributed by atoms with van der Waals surface area (Å²) in [5, 5.41) is 13.2. The van der Waals surface area contributed by atoms with Crippen LogP contribution >= 0.6 is 15.9 Å². The van der Waals surface area contributed by atoms with Crippen molar-refractivity contribution in [2.75, 3.05) is 11.9 Å². The summed E-state index contributed by atoms with van der Waals surface area (Å²) in [5.41, 5.74) is 1.26. The van der Waals surface area contributed by atoms with E-state index in [0.717, 1.165) is 10.9 Å². The number of amides is 1. The lowest BCUT2D eigenvalue weighted by molar-refractivity contribution is 0.0949. The summed E-state index contributed by atoms with van der Waals surface area (Å²) in [4.78, 5) is 11.7. The maximum atomic E-state index is 11.7. The minimum Gasteiger partial charge on any atom is -0.508 e. The predicted octanol–water partition coefficient (Wildman–Crippen LogP) is 2.46. The quantitative estimate of drug-likeness (QED) is 0.835. The van der Waals surface area contributed by atoms with E-state index in [-0.39, 0.29) is 11.7 Å². The van der Waals surface area contributed by atoms with Crippen molar-refractivity contribution < 1.29 is 9.90 Å². The summed E-state index contributed by atoms with van der Waals surface area (Å²) in [6, 6.07) is 4.94. The van der Waals surface area contributed by atoms with E-state index < -0.39 is 0 Å². The fraction of sp³-hybridized carbons (Fsp3) is 0.417. The number of hydrogen-bond acceptors (Lipinski definition) is 2. The van der Waals surface area contributed by atoms with Crippen LogP contribution in [0, 0.1) is 12.8 Å². The van der Waals surface area contributed by atoms with Crippen LogP contribution in [0.2, 0.25) is 0 Å². The Kier molecular flexibility index (Phi) is 4.80. The molecule has 0 spiro atoms. The van der Waals surface area contributed by atoms with Gasteiger partial charge in [-0.05, 0) is 30.5 Å². The highest BCUT2D eigenvalue weighted by atomic mass is 79.9. The summed E-state index contributed by atoms with van der Waals surface area (Å²) in [6.45, 7) is 4.46. The predicted molar refractivity (Wildman–Crippen MR) is 68.1 cm³/mol. The summed E-state index contributed by atoms with van der Waals surface area (Å²) >= 11 is 3.35. The van der Waals surface area contributed by atoms with E-state index in [4.69, 9.17) is 0 Å². The molecule has 1 atom stereocenters. The van der Waals surface area contributed by atoms with Crippen LogP contribution in [-0.4, -0.2) is 22.9 Å². The lowest BCUT2D eigenvalue weighted by atomic mass is 10.1. The second-order valence-electron chi connectivity index (χ2n) is 3.97. The minimum atomic E-state index is -0.150. The molecule has 0 fully saturated rings. The Balaban J connectivity index is 2.63. The van der Waals surface area contributed by atoms with Gasteiger partial charge in [0.15, 0.2) is 0 Å². The lowest BCUT2D eigenvalue weighted by Gasteiger charge is -2.10. The Hall–Kier alpha value is -1.03. The molecule has 3 nitrogen and oxygen atoms in total. The molecule has 0 saturated carbocycles. The molecular weight excluding hydrogens is 270 g/mol. The molecule has 0 heterocycles. The van der Waals surface area contributed by atoms with Gasteiger partial charge in [-0.15, -0.1) is 0 Å². The van der Waals surface area contributed by atoms with E-state index >= 15 is 0 Å². The topological polar surface area (TPSA) is 49.3 Å². The Morgan fingerprint density at radius 3 is 2.81 bits per heavy atom. The molecule has 0 aliphatic heterocycles. The maximum absolute atomic E-state index is 11.7. The van der Waals surface area contributed by atoms with Crippen molar-refractivity contribution >= 4 is 21.8 Å². The van der Waals surface area contributed by atoms with Gasteiger partial charge >= 0.3 is 0 Å². The van der Waals surface area contributed by atoms with Gasteiger partial charge in [0.25, 0.3) is 5.91 Å². The third-order valence-electron chi connectivity index (χ3n) is 2.35. The standard InChI is InChI=1S/C12H16BrNO2/c1-8(6-13)7-14-12(16)10-4-3-9(2)11(15)5-10/h3-5,8,15H,6-7H2,1-2H3,(H,14,16). The number of halogens is 1. The van der Waals surface area contributed by atoms with E-state index in [9.17, 15) is 9.90 Å². The van der Waals surface area contributed by atoms with Crippen LogP contribution in [-0.2, 0) is 0 Å². The number of nitrogens with one attached hydrogen (secondary N) is 1. The van der Waals surface area contributed by atoms with Crippen LogP contribution in [0.5, 0.6) is 5.75 Å². The number of carbonyl (C=O) groups is 1. The molecule has 1 amide bonds. The van der Waals surface area contributed by atoms with Crippen molar-refractivity contribution in [2.45, 2.75) is 13.8 Å². The van der Waals surface area contributed by atoms with Gasteiger partial charge in [-0.3, -0.25) is 4.79 Å². The lowest BCUT2D eigenvalue weighted by Crippen LogP contribution is -2.28. The van der Waals surface area contributed by atoms with E-state index in [1.807, 2.05) is 6.92 Å². The molecular formula is C12H16BrNO2. The SMILES string of the molecule is Cc1ccc(C(=O)NCC(C)CBr)cc1O. The number of rotatable bonds is 4. The van der Waals surface area contributed by atoms with E-state index in [1.165, 1.54) is 6.07 Å². The van der Waals surface area contributed by atoms with Gasteiger partial charge in [0.2, 0.25) is 0 Å². The molecule has 1 rings (SSSR count). The fourth-order valence-corrected chi connectivity index (χ4v) is 1.40. The number of phenolic OH excluding ortho intramolecular Hbond substituents is 1. The van der Waals surface area contributed by atoms with Crippen LogP contribution in [0.4, 0.5) is 0 Å². The average Bonchev–Trinajstić information content (AvgIpc) is 2.29. The Morgan fingerprint density at radius 2 is 2.25 bits per heavy atom. The van der Waals surface area contributed by atoms with Crippen LogP contribution in [0.3, 0.4) is 0 Å². The molecule has 0 bridgehead atoms. The molecule has 0 aromatic heterocycles. The average molecular weight is 286 g/mol. The first-order chi connectivity index (χ1) is 7.54. The third kappa shape index (κ3) is 3.52. The van der Waals surface area contributed by atoms with Crippen molar-refractivity contribution in [3.8, 4) is 5.75 Å². The maximum Gasteiger partial charge on any atom is 0.251 e. The van der Waals surface area contributed by atoms with Crippen molar-refractivity contribution in [3.63, 3.8) is 0 Å². The molecule has 1 unspecified atom stereocenters. The van der Waals surface area contributed by atoms with Crippen LogP contribution in [0.1, 0.15) is 22.8 Å². The second-order valence-corrected chi connectivity index (χ2v) is 4.62. The number of benzene rings is 1. The second kappa shape index (κ2) is 5.89. The van der Waals surface area contributed by atoms with Gasteiger partial charge in [-0.1, -0.05) is 28.9 Å². The van der Waals surface area contributed by atoms with Gasteiger partial charge in [-0.25, -0.2) is 0 Å². The largest absolute Gasteiger partial charge is 0.508 e. The Bertz CT molecular complexity index is 379. The fourth-order valence-electron chi connectivity index (χ4n) is 1.17. The van der Waals surface area contributed by atoms with Gasteiger partial charge in [0, 0.05) is 17.4 Å². The van der Waals surface area contributed by atoms with Gasteiger partial charge in [-0.2, -0.15) is 0 Å². The summed E-state index contributed by atoms with van der Waals surface area (Å²) in [7, 11) is 0. The Labute approximate surface area is 104 Å². The molecule has 0 saturated heterocycles. The normalized spacial score (nSPS) is 12.2. The van der Waals surface area contributed by atoms with Crippen LogP contribution < -0.4 is 5.32 Å². The molecule has 1 aromatic carbocycles. The minimum absolute atomic E-state index is 0.150. The van der Waals surface area contributed by atoms with Gasteiger partial charge < -0.3 is 10.4 Å². The highest BCUT2D eigenvalue weighted by Crippen LogP contribution is 2.17. The molecule has 4 heteroatoms. The molecule has 1 aromatic rings. The monoisotopic (exact) mass is 285 g/mol. The first-order valence-electron chi connectivity index (χ1n) is 5.18. The first-order valence-corrected chi connectivity index (χ1v) is 6.30. The van der Waals surface area contributed by atoms with E-state index in [0.29, 0.717) is 18.0 Å². The first kappa shape index (κ1) is 13.0. The molecule has 16 heavy (non-hydrogen) atoms. The van der Waals surface area contributed by atoms with Gasteiger partial charge in [0.1, 0.15) is 5.75 Å². The zero-order valence-electron chi connectivity index (χ0n) is 9.46. The van der Waals surface area contributed by atoms with Crippen LogP contribution in [0.25, 0.3) is 0 Å². The number of aromatic hydroxyl groups is 1. The van der Waals surface area contributed by atoms with Crippen molar-refractivity contribution in [2.24, 2.45) is 5.92 Å². The number of carbonyl (C=O) groups excluding carboxylic acids is 1. The van der Waals surface area contributed by atoms with E-state index in [1.54, 1.807) is 19.1 Å². The van der Waals surface area contributed by atoms with Crippen molar-refractivity contribution in [1.29, 1.82) is 0 Å². The number of aryl methyl sites for hydroxylation is 1. The van der Waals surface area contributed by atoms with Crippen molar-refractivity contribution in [3.05, 3.63) is 29.3 Å².